The van der Waals surface area contributed by atoms with Crippen molar-refractivity contribution in [2.45, 2.75) is 19.1 Å². The Hall–Kier alpha value is -3.95. The van der Waals surface area contributed by atoms with E-state index < -0.39 is 34.9 Å². The third-order valence-electron chi connectivity index (χ3n) is 5.33. The van der Waals surface area contributed by atoms with E-state index in [1.54, 1.807) is 41.4 Å². The van der Waals surface area contributed by atoms with E-state index in [2.05, 4.69) is 5.32 Å². The fraction of sp³-hybridized carbons (Fsp3) is 0.217. The predicted molar refractivity (Wildman–Crippen MR) is 112 cm³/mol. The van der Waals surface area contributed by atoms with Crippen LogP contribution in [0.3, 0.4) is 0 Å². The largest absolute Gasteiger partial charge is 0.497 e. The van der Waals surface area contributed by atoms with Crippen LogP contribution in [0.15, 0.2) is 47.3 Å². The molecule has 0 unspecified atom stereocenters. The van der Waals surface area contributed by atoms with Crippen LogP contribution in [0.5, 0.6) is 23.0 Å². The lowest BCUT2D eigenvalue weighted by atomic mass is 9.94. The summed E-state index contributed by atoms with van der Waals surface area (Å²) in [5.41, 5.74) is -1.86. The van der Waals surface area contributed by atoms with E-state index in [-0.39, 0.29) is 5.56 Å². The van der Waals surface area contributed by atoms with Crippen molar-refractivity contribution in [3.63, 3.8) is 0 Å². The number of nitrogens with one attached hydrogen (secondary N) is 2. The first-order valence-corrected chi connectivity index (χ1v) is 9.78. The van der Waals surface area contributed by atoms with Crippen LogP contribution in [0.2, 0.25) is 0 Å². The minimum Gasteiger partial charge on any atom is -0.497 e. The van der Waals surface area contributed by atoms with Crippen molar-refractivity contribution in [2.75, 3.05) is 14.2 Å². The van der Waals surface area contributed by atoms with Gasteiger partial charge in [0, 0.05) is 23.3 Å². The van der Waals surface area contributed by atoms with Crippen molar-refractivity contribution in [3.05, 3.63) is 80.8 Å². The highest BCUT2D eigenvalue weighted by atomic mass is 19.4. The number of hydrogen-bond acceptors (Lipinski definition) is 5. The molecule has 3 aromatic rings. The molecule has 2 N–H and O–H groups in total. The van der Waals surface area contributed by atoms with Gasteiger partial charge in [0.05, 0.1) is 20.3 Å². The van der Waals surface area contributed by atoms with Crippen LogP contribution in [0.4, 0.5) is 13.2 Å². The van der Waals surface area contributed by atoms with Crippen molar-refractivity contribution >= 4 is 5.91 Å². The van der Waals surface area contributed by atoms with Crippen LogP contribution in [0, 0.1) is 6.92 Å². The third-order valence-corrected chi connectivity index (χ3v) is 5.33. The van der Waals surface area contributed by atoms with Gasteiger partial charge in [-0.3, -0.25) is 9.59 Å². The fourth-order valence-corrected chi connectivity index (χ4v) is 3.68. The number of aryl methyl sites for hydroxylation is 1. The van der Waals surface area contributed by atoms with Crippen molar-refractivity contribution in [2.24, 2.45) is 0 Å². The van der Waals surface area contributed by atoms with Gasteiger partial charge in [0.25, 0.3) is 11.5 Å². The van der Waals surface area contributed by atoms with Gasteiger partial charge in [-0.2, -0.15) is 13.2 Å². The summed E-state index contributed by atoms with van der Waals surface area (Å²) in [6, 6.07) is 10.3. The average Bonchev–Trinajstić information content (AvgIpc) is 2.78. The van der Waals surface area contributed by atoms with Gasteiger partial charge in [0.2, 0.25) is 0 Å². The van der Waals surface area contributed by atoms with E-state index in [9.17, 15) is 22.8 Å². The molecule has 1 aliphatic heterocycles. The van der Waals surface area contributed by atoms with Crippen LogP contribution >= 0.6 is 0 Å². The number of carbonyl (C=O) groups is 1. The summed E-state index contributed by atoms with van der Waals surface area (Å²) in [6.45, 7) is 1.17. The Morgan fingerprint density at radius 2 is 1.55 bits per heavy atom. The van der Waals surface area contributed by atoms with Gasteiger partial charge in [-0.25, -0.2) is 0 Å². The van der Waals surface area contributed by atoms with Gasteiger partial charge < -0.3 is 24.5 Å². The number of methoxy groups -OCH3 is 2. The van der Waals surface area contributed by atoms with Crippen LogP contribution in [0.25, 0.3) is 0 Å². The van der Waals surface area contributed by atoms with Crippen molar-refractivity contribution in [1.82, 2.24) is 10.3 Å². The normalized spacial score (nSPS) is 12.9. The zero-order valence-corrected chi connectivity index (χ0v) is 17.8. The molecule has 0 aliphatic carbocycles. The maximum Gasteiger partial charge on any atom is 0.431 e. The fourth-order valence-electron chi connectivity index (χ4n) is 3.68. The Bertz CT molecular complexity index is 1250. The molecule has 0 radical (unpaired) electrons. The number of ether oxygens (including phenoxy) is 3. The first-order chi connectivity index (χ1) is 15.6. The Labute approximate surface area is 186 Å². The maximum absolute atomic E-state index is 13.1. The van der Waals surface area contributed by atoms with E-state index in [1.165, 1.54) is 21.1 Å². The zero-order valence-electron chi connectivity index (χ0n) is 17.8. The van der Waals surface area contributed by atoms with Gasteiger partial charge in [-0.1, -0.05) is 0 Å². The molecule has 0 saturated heterocycles. The number of carbonyl (C=O) groups excluding carboxylic acids is 1. The lowest BCUT2D eigenvalue weighted by Gasteiger charge is -2.29. The van der Waals surface area contributed by atoms with Crippen LogP contribution in [-0.4, -0.2) is 25.1 Å². The van der Waals surface area contributed by atoms with Crippen LogP contribution in [0.1, 0.15) is 38.8 Å². The molecule has 0 fully saturated rings. The molecule has 2 heterocycles. The van der Waals surface area contributed by atoms with E-state index >= 15 is 0 Å². The Kier molecular flexibility index (Phi) is 5.52. The van der Waals surface area contributed by atoms with Crippen LogP contribution in [-0.2, 0) is 6.18 Å². The first-order valence-electron chi connectivity index (χ1n) is 9.78. The van der Waals surface area contributed by atoms with Crippen molar-refractivity contribution in [3.8, 4) is 23.0 Å². The number of aromatic nitrogens is 1. The smallest absolute Gasteiger partial charge is 0.431 e. The molecule has 10 heteroatoms. The molecule has 0 saturated carbocycles. The average molecular weight is 460 g/mol. The number of alkyl halides is 3. The molecule has 1 amide bonds. The van der Waals surface area contributed by atoms with Gasteiger partial charge in [0.15, 0.2) is 0 Å². The third kappa shape index (κ3) is 4.11. The summed E-state index contributed by atoms with van der Waals surface area (Å²) in [4.78, 5) is 27.1. The zero-order chi connectivity index (χ0) is 23.9. The summed E-state index contributed by atoms with van der Waals surface area (Å²) in [7, 11) is 3.00. The topological polar surface area (TPSA) is 89.7 Å². The lowest BCUT2D eigenvalue weighted by molar-refractivity contribution is -0.141. The number of benzene rings is 2. The van der Waals surface area contributed by atoms with Crippen molar-refractivity contribution in [1.29, 1.82) is 0 Å². The van der Waals surface area contributed by atoms with Crippen molar-refractivity contribution < 1.29 is 32.2 Å². The van der Waals surface area contributed by atoms with E-state index in [0.717, 1.165) is 6.07 Å². The predicted octanol–water partition coefficient (Wildman–Crippen LogP) is 4.34. The van der Waals surface area contributed by atoms with E-state index in [0.29, 0.717) is 34.1 Å². The van der Waals surface area contributed by atoms with Gasteiger partial charge >= 0.3 is 6.18 Å². The number of halogens is 3. The Morgan fingerprint density at radius 1 is 1.00 bits per heavy atom. The summed E-state index contributed by atoms with van der Waals surface area (Å²) >= 11 is 0. The Balaban J connectivity index is 1.76. The molecule has 0 atom stereocenters. The highest BCUT2D eigenvalue weighted by Gasteiger charge is 2.35. The number of rotatable bonds is 4. The molecule has 2 aromatic carbocycles. The summed E-state index contributed by atoms with van der Waals surface area (Å²) in [5.74, 6) is 1.05. The van der Waals surface area contributed by atoms with Gasteiger partial charge in [-0.15, -0.1) is 0 Å². The number of aromatic amines is 1. The quantitative estimate of drug-likeness (QED) is 0.605. The molecule has 1 aliphatic rings. The highest BCUT2D eigenvalue weighted by Crippen LogP contribution is 2.45. The van der Waals surface area contributed by atoms with Crippen LogP contribution < -0.4 is 25.1 Å². The standard InChI is InChI=1S/C23H19F3N2O5/c1-11-8-16(22(30)28-20(11)23(24,25)26)21(29)27-19-14-6-4-12(31-2)9-17(14)33-18-10-13(32-3)5-7-15(18)19/h4-10,19H,1-3H3,(H,27,29)(H,28,30). The highest BCUT2D eigenvalue weighted by molar-refractivity contribution is 5.94. The number of amides is 1. The molecule has 1 aromatic heterocycles. The number of fused-ring (bicyclic) bond motifs is 2. The number of hydrogen-bond donors (Lipinski definition) is 2. The van der Waals surface area contributed by atoms with Gasteiger partial charge in [0.1, 0.15) is 34.3 Å². The Morgan fingerprint density at radius 3 is 2.03 bits per heavy atom. The van der Waals surface area contributed by atoms with Gasteiger partial charge in [-0.05, 0) is 42.8 Å². The summed E-state index contributed by atoms with van der Waals surface area (Å²) in [6.07, 6.45) is -4.74. The maximum atomic E-state index is 13.1. The molecule has 33 heavy (non-hydrogen) atoms. The molecule has 0 bridgehead atoms. The summed E-state index contributed by atoms with van der Waals surface area (Å²) in [5, 5.41) is 2.75. The number of H-pyrrole nitrogens is 1. The second-order valence-electron chi connectivity index (χ2n) is 7.38. The summed E-state index contributed by atoms with van der Waals surface area (Å²) < 4.78 is 55.7. The molecule has 4 rings (SSSR count). The molecular formula is C23H19F3N2O5. The van der Waals surface area contributed by atoms with E-state index in [1.807, 2.05) is 0 Å². The minimum absolute atomic E-state index is 0.269. The first kappa shape index (κ1) is 22.3. The second-order valence-corrected chi connectivity index (χ2v) is 7.38. The molecule has 0 spiro atoms. The van der Waals surface area contributed by atoms with E-state index in [4.69, 9.17) is 14.2 Å². The second kappa shape index (κ2) is 8.19. The lowest BCUT2D eigenvalue weighted by Crippen LogP contribution is -2.35. The number of pyridine rings is 1. The molecule has 172 valence electrons. The SMILES string of the molecule is COc1ccc2c(c1)Oc1cc(OC)ccc1C2NC(=O)c1cc(C)c(C(F)(F)F)[nH]c1=O. The molecule has 7 nitrogen and oxygen atoms in total. The molecular weight excluding hydrogens is 441 g/mol. The minimum atomic E-state index is -4.74. The monoisotopic (exact) mass is 460 g/mol.